The van der Waals surface area contributed by atoms with Crippen LogP contribution in [0.25, 0.3) is 0 Å². The summed E-state index contributed by atoms with van der Waals surface area (Å²) in [6.45, 7) is 2.92. The Bertz CT molecular complexity index is 723. The van der Waals surface area contributed by atoms with Gasteiger partial charge in [-0.2, -0.15) is 5.10 Å². The molecule has 2 aromatic rings. The standard InChI is InChI=1S/C17H18BrN3O2S/c1-2-22-15-8-13(10-20-21-17(19)24)14(18)9-16(15)23-11-12-6-4-3-5-7-12/h3-10H,2,11H2,1H3,(H3,19,21,24)/b20-10-. The van der Waals surface area contributed by atoms with Crippen molar-refractivity contribution in [1.29, 1.82) is 0 Å². The van der Waals surface area contributed by atoms with Crippen molar-refractivity contribution in [2.24, 2.45) is 10.8 Å². The van der Waals surface area contributed by atoms with E-state index in [9.17, 15) is 0 Å². The van der Waals surface area contributed by atoms with Gasteiger partial charge in [0.15, 0.2) is 16.6 Å². The van der Waals surface area contributed by atoms with Crippen LogP contribution in [-0.4, -0.2) is 17.9 Å². The number of ether oxygens (including phenoxy) is 2. The van der Waals surface area contributed by atoms with E-state index < -0.39 is 0 Å². The van der Waals surface area contributed by atoms with Crippen LogP contribution in [0.2, 0.25) is 0 Å². The number of hydrogen-bond donors (Lipinski definition) is 2. The maximum absolute atomic E-state index is 5.90. The molecule has 0 saturated carbocycles. The molecule has 0 spiro atoms. The summed E-state index contributed by atoms with van der Waals surface area (Å²) < 4.78 is 12.4. The Kier molecular flexibility index (Phi) is 7.02. The van der Waals surface area contributed by atoms with Gasteiger partial charge < -0.3 is 15.2 Å². The maximum atomic E-state index is 5.90. The highest BCUT2D eigenvalue weighted by Crippen LogP contribution is 2.33. The third-order valence-electron chi connectivity index (χ3n) is 2.98. The van der Waals surface area contributed by atoms with Crippen molar-refractivity contribution in [3.63, 3.8) is 0 Å². The van der Waals surface area contributed by atoms with E-state index in [1.807, 2.05) is 49.4 Å². The molecule has 0 atom stereocenters. The Labute approximate surface area is 155 Å². The Morgan fingerprint density at radius 2 is 1.96 bits per heavy atom. The first-order valence-corrected chi connectivity index (χ1v) is 8.52. The van der Waals surface area contributed by atoms with Gasteiger partial charge in [-0.3, -0.25) is 5.43 Å². The van der Waals surface area contributed by atoms with Crippen LogP contribution in [0.15, 0.2) is 52.0 Å². The number of hydrogen-bond acceptors (Lipinski definition) is 4. The van der Waals surface area contributed by atoms with Gasteiger partial charge in [0.25, 0.3) is 0 Å². The summed E-state index contributed by atoms with van der Waals surface area (Å²) in [5.74, 6) is 1.31. The molecule has 0 heterocycles. The van der Waals surface area contributed by atoms with E-state index in [0.717, 1.165) is 15.6 Å². The van der Waals surface area contributed by atoms with Gasteiger partial charge in [0, 0.05) is 10.0 Å². The van der Waals surface area contributed by atoms with E-state index >= 15 is 0 Å². The average Bonchev–Trinajstić information content (AvgIpc) is 2.57. The summed E-state index contributed by atoms with van der Waals surface area (Å²) in [7, 11) is 0. The summed E-state index contributed by atoms with van der Waals surface area (Å²) >= 11 is 8.22. The lowest BCUT2D eigenvalue weighted by molar-refractivity contribution is 0.269. The summed E-state index contributed by atoms with van der Waals surface area (Å²) in [4.78, 5) is 0. The lowest BCUT2D eigenvalue weighted by Crippen LogP contribution is -2.24. The molecule has 24 heavy (non-hydrogen) atoms. The van der Waals surface area contributed by atoms with Gasteiger partial charge in [-0.1, -0.05) is 30.3 Å². The van der Waals surface area contributed by atoms with E-state index in [0.29, 0.717) is 24.7 Å². The molecular formula is C17H18BrN3O2S. The van der Waals surface area contributed by atoms with Crippen molar-refractivity contribution >= 4 is 39.5 Å². The van der Waals surface area contributed by atoms with Gasteiger partial charge in [-0.25, -0.2) is 0 Å². The van der Waals surface area contributed by atoms with Crippen LogP contribution in [0.3, 0.4) is 0 Å². The second-order valence-corrected chi connectivity index (χ2v) is 6.06. The SMILES string of the molecule is CCOc1cc(/C=N\NC(N)=S)c(Br)cc1OCc1ccccc1. The van der Waals surface area contributed by atoms with Crippen LogP contribution < -0.4 is 20.6 Å². The van der Waals surface area contributed by atoms with E-state index in [4.69, 9.17) is 27.4 Å². The fourth-order valence-electron chi connectivity index (χ4n) is 1.93. The number of nitrogens with two attached hydrogens (primary N) is 1. The van der Waals surface area contributed by atoms with Gasteiger partial charge in [0.05, 0.1) is 12.8 Å². The van der Waals surface area contributed by atoms with Gasteiger partial charge >= 0.3 is 0 Å². The highest BCUT2D eigenvalue weighted by Gasteiger charge is 2.10. The lowest BCUT2D eigenvalue weighted by Gasteiger charge is -2.14. The fraction of sp³-hybridized carbons (Fsp3) is 0.176. The highest BCUT2D eigenvalue weighted by atomic mass is 79.9. The summed E-state index contributed by atoms with van der Waals surface area (Å²) in [5.41, 5.74) is 9.76. The van der Waals surface area contributed by atoms with Crippen molar-refractivity contribution in [3.05, 3.63) is 58.1 Å². The van der Waals surface area contributed by atoms with Crippen LogP contribution in [0.5, 0.6) is 11.5 Å². The topological polar surface area (TPSA) is 68.9 Å². The molecule has 0 aliphatic rings. The predicted molar refractivity (Wildman–Crippen MR) is 104 cm³/mol. The molecule has 0 aliphatic carbocycles. The first-order valence-electron chi connectivity index (χ1n) is 7.31. The fourth-order valence-corrected chi connectivity index (χ4v) is 2.41. The third kappa shape index (κ3) is 5.50. The number of thiocarbonyl (C=S) groups is 1. The molecular weight excluding hydrogens is 390 g/mol. The number of benzene rings is 2. The average molecular weight is 408 g/mol. The molecule has 2 rings (SSSR count). The zero-order valence-electron chi connectivity index (χ0n) is 13.2. The first kappa shape index (κ1) is 18.2. The number of nitrogens with one attached hydrogen (secondary N) is 1. The van der Waals surface area contributed by atoms with Gasteiger partial charge in [-0.05, 0) is 52.8 Å². The van der Waals surface area contributed by atoms with Crippen molar-refractivity contribution in [1.82, 2.24) is 5.43 Å². The molecule has 7 heteroatoms. The van der Waals surface area contributed by atoms with Crippen molar-refractivity contribution in [2.45, 2.75) is 13.5 Å². The van der Waals surface area contributed by atoms with E-state index in [-0.39, 0.29) is 5.11 Å². The Morgan fingerprint density at radius 1 is 1.25 bits per heavy atom. The summed E-state index contributed by atoms with van der Waals surface area (Å²) in [6, 6.07) is 13.7. The highest BCUT2D eigenvalue weighted by molar-refractivity contribution is 9.10. The molecule has 0 fully saturated rings. The molecule has 5 nitrogen and oxygen atoms in total. The molecule has 0 radical (unpaired) electrons. The Hall–Kier alpha value is -2.12. The predicted octanol–water partition coefficient (Wildman–Crippen LogP) is 3.59. The second-order valence-electron chi connectivity index (χ2n) is 4.76. The molecule has 0 bridgehead atoms. The molecule has 0 saturated heterocycles. The van der Waals surface area contributed by atoms with Crippen LogP contribution in [0.1, 0.15) is 18.1 Å². The molecule has 2 aromatic carbocycles. The largest absolute Gasteiger partial charge is 0.490 e. The van der Waals surface area contributed by atoms with E-state index in [1.54, 1.807) is 6.21 Å². The minimum Gasteiger partial charge on any atom is -0.490 e. The third-order valence-corrected chi connectivity index (χ3v) is 3.76. The Balaban J connectivity index is 2.19. The minimum absolute atomic E-state index is 0.107. The Morgan fingerprint density at radius 3 is 2.62 bits per heavy atom. The molecule has 3 N–H and O–H groups in total. The van der Waals surface area contributed by atoms with Crippen molar-refractivity contribution in [2.75, 3.05) is 6.61 Å². The zero-order valence-corrected chi connectivity index (χ0v) is 15.6. The quantitative estimate of drug-likeness (QED) is 0.416. The number of nitrogens with zero attached hydrogens (tertiary/aromatic N) is 1. The minimum atomic E-state index is 0.107. The van der Waals surface area contributed by atoms with E-state index in [1.165, 1.54) is 0 Å². The summed E-state index contributed by atoms with van der Waals surface area (Å²) in [6.07, 6.45) is 1.60. The van der Waals surface area contributed by atoms with Crippen molar-refractivity contribution in [3.8, 4) is 11.5 Å². The lowest BCUT2D eigenvalue weighted by atomic mass is 10.2. The van der Waals surface area contributed by atoms with Gasteiger partial charge in [0.2, 0.25) is 0 Å². The van der Waals surface area contributed by atoms with E-state index in [2.05, 4.69) is 26.5 Å². The second kappa shape index (κ2) is 9.24. The zero-order chi connectivity index (χ0) is 17.4. The van der Waals surface area contributed by atoms with Gasteiger partial charge in [0.1, 0.15) is 6.61 Å². The maximum Gasteiger partial charge on any atom is 0.184 e. The molecule has 0 amide bonds. The summed E-state index contributed by atoms with van der Waals surface area (Å²) in [5, 5.41) is 4.07. The number of halogens is 1. The molecule has 0 aromatic heterocycles. The number of rotatable bonds is 7. The molecule has 0 aliphatic heterocycles. The van der Waals surface area contributed by atoms with Crippen LogP contribution in [-0.2, 0) is 6.61 Å². The smallest absolute Gasteiger partial charge is 0.184 e. The number of hydrazone groups is 1. The van der Waals surface area contributed by atoms with Crippen LogP contribution >= 0.6 is 28.1 Å². The molecule has 126 valence electrons. The van der Waals surface area contributed by atoms with Crippen LogP contribution in [0, 0.1) is 0 Å². The van der Waals surface area contributed by atoms with Crippen molar-refractivity contribution < 1.29 is 9.47 Å². The first-order chi connectivity index (χ1) is 11.6. The molecule has 0 unspecified atom stereocenters. The monoisotopic (exact) mass is 407 g/mol. The van der Waals surface area contributed by atoms with Gasteiger partial charge in [-0.15, -0.1) is 0 Å². The normalized spacial score (nSPS) is 10.6. The van der Waals surface area contributed by atoms with Crippen LogP contribution in [0.4, 0.5) is 0 Å².